The maximum atomic E-state index is 13.5. The van der Waals surface area contributed by atoms with E-state index in [0.717, 1.165) is 27.3 Å². The fraction of sp³-hybridized carbons (Fsp3) is 0.103. The zero-order valence-electron chi connectivity index (χ0n) is 26.1. The fourth-order valence-electron chi connectivity index (χ4n) is 4.72. The van der Waals surface area contributed by atoms with Crippen LogP contribution in [0.25, 0.3) is 6.08 Å². The van der Waals surface area contributed by atoms with E-state index in [4.69, 9.17) is 4.74 Å². The molecule has 1 atom stereocenters. The summed E-state index contributed by atoms with van der Waals surface area (Å²) in [6, 6.07) is 40.5. The molecule has 0 aliphatic rings. The van der Waals surface area contributed by atoms with Gasteiger partial charge < -0.3 is 20.7 Å². The van der Waals surface area contributed by atoms with E-state index in [1.165, 1.54) is 11.8 Å². The Bertz CT molecular complexity index is 1840. The number of aryl methyl sites for hydroxylation is 1. The van der Waals surface area contributed by atoms with Gasteiger partial charge in [0.05, 0.1) is 6.61 Å². The van der Waals surface area contributed by atoms with E-state index < -0.39 is 17.1 Å². The molecule has 8 heteroatoms. The minimum atomic E-state index is -0.506. The minimum absolute atomic E-state index is 0.0819. The number of thioether (sulfide) groups is 1. The molecule has 3 N–H and O–H groups in total. The highest BCUT2D eigenvalue weighted by Gasteiger charge is 2.22. The summed E-state index contributed by atoms with van der Waals surface area (Å²) >= 11 is 1.42. The van der Waals surface area contributed by atoms with Crippen LogP contribution in [0.15, 0.2) is 144 Å². The Kier molecular flexibility index (Phi) is 11.2. The molecule has 5 rings (SSSR count). The van der Waals surface area contributed by atoms with Crippen molar-refractivity contribution in [3.05, 3.63) is 161 Å². The molecular formula is C39H35N3O4S. The highest BCUT2D eigenvalue weighted by Crippen LogP contribution is 2.37. The van der Waals surface area contributed by atoms with Crippen LogP contribution in [0.3, 0.4) is 0 Å². The van der Waals surface area contributed by atoms with Gasteiger partial charge in [-0.05, 0) is 97.3 Å². The number of ether oxygens (including phenoxy) is 1. The Balaban J connectivity index is 1.32. The van der Waals surface area contributed by atoms with Gasteiger partial charge in [0.2, 0.25) is 5.91 Å². The second-order valence-corrected chi connectivity index (χ2v) is 11.8. The molecule has 0 fully saturated rings. The van der Waals surface area contributed by atoms with Crippen molar-refractivity contribution in [1.29, 1.82) is 0 Å². The molecule has 0 aliphatic carbocycles. The quantitative estimate of drug-likeness (QED) is 0.0941. The summed E-state index contributed by atoms with van der Waals surface area (Å²) in [6.45, 7) is 4.43. The Labute approximate surface area is 279 Å². The molecule has 47 heavy (non-hydrogen) atoms. The van der Waals surface area contributed by atoms with Crippen molar-refractivity contribution in [3.63, 3.8) is 0 Å². The molecule has 0 aliphatic heterocycles. The summed E-state index contributed by atoms with van der Waals surface area (Å²) < 4.78 is 5.52. The van der Waals surface area contributed by atoms with Crippen LogP contribution in [-0.2, 0) is 9.59 Å². The number of hydrogen-bond acceptors (Lipinski definition) is 5. The third kappa shape index (κ3) is 9.45. The van der Waals surface area contributed by atoms with Gasteiger partial charge in [0.25, 0.3) is 11.8 Å². The maximum Gasteiger partial charge on any atom is 0.272 e. The average Bonchev–Trinajstić information content (AvgIpc) is 3.09. The van der Waals surface area contributed by atoms with Crippen molar-refractivity contribution in [2.75, 3.05) is 17.2 Å². The van der Waals surface area contributed by atoms with Gasteiger partial charge in [-0.2, -0.15) is 0 Å². The largest absolute Gasteiger partial charge is 0.494 e. The van der Waals surface area contributed by atoms with Gasteiger partial charge in [0, 0.05) is 21.8 Å². The molecule has 1 unspecified atom stereocenters. The van der Waals surface area contributed by atoms with Crippen LogP contribution in [0.1, 0.15) is 39.2 Å². The van der Waals surface area contributed by atoms with Gasteiger partial charge in [-0.25, -0.2) is 0 Å². The summed E-state index contributed by atoms with van der Waals surface area (Å²) in [5.74, 6) is -0.310. The van der Waals surface area contributed by atoms with E-state index in [2.05, 4.69) is 16.0 Å². The molecule has 0 heterocycles. The Morgan fingerprint density at radius 1 is 0.745 bits per heavy atom. The van der Waals surface area contributed by atoms with E-state index in [9.17, 15) is 14.4 Å². The minimum Gasteiger partial charge on any atom is -0.494 e. The smallest absolute Gasteiger partial charge is 0.272 e. The molecule has 7 nitrogen and oxygen atoms in total. The summed E-state index contributed by atoms with van der Waals surface area (Å²) in [6.07, 6.45) is 1.62. The van der Waals surface area contributed by atoms with Crippen LogP contribution >= 0.6 is 11.8 Å². The monoisotopic (exact) mass is 641 g/mol. The lowest BCUT2D eigenvalue weighted by atomic mass is 10.1. The summed E-state index contributed by atoms with van der Waals surface area (Å²) in [7, 11) is 0. The van der Waals surface area contributed by atoms with Crippen molar-refractivity contribution >= 4 is 46.9 Å². The van der Waals surface area contributed by atoms with Crippen molar-refractivity contribution in [2.24, 2.45) is 0 Å². The van der Waals surface area contributed by atoms with Crippen LogP contribution in [0.2, 0.25) is 0 Å². The van der Waals surface area contributed by atoms with Crippen LogP contribution in [0.5, 0.6) is 5.75 Å². The number of rotatable bonds is 12. The maximum absolute atomic E-state index is 13.5. The zero-order chi connectivity index (χ0) is 33.0. The molecule has 0 radical (unpaired) electrons. The van der Waals surface area contributed by atoms with E-state index in [0.29, 0.717) is 23.6 Å². The highest BCUT2D eigenvalue weighted by molar-refractivity contribution is 8.00. The van der Waals surface area contributed by atoms with Crippen molar-refractivity contribution in [3.8, 4) is 5.75 Å². The van der Waals surface area contributed by atoms with Crippen LogP contribution in [-0.4, -0.2) is 24.3 Å². The van der Waals surface area contributed by atoms with Crippen molar-refractivity contribution < 1.29 is 19.1 Å². The molecule has 5 aromatic rings. The van der Waals surface area contributed by atoms with Gasteiger partial charge in [-0.15, -0.1) is 11.8 Å². The summed E-state index contributed by atoms with van der Waals surface area (Å²) in [4.78, 5) is 40.8. The van der Waals surface area contributed by atoms with Gasteiger partial charge in [0.1, 0.15) is 16.7 Å². The van der Waals surface area contributed by atoms with Crippen LogP contribution < -0.4 is 20.7 Å². The Hall–Kier alpha value is -5.60. The van der Waals surface area contributed by atoms with Gasteiger partial charge in [0.15, 0.2) is 0 Å². The molecule has 236 valence electrons. The molecule has 0 aromatic heterocycles. The number of benzene rings is 5. The summed E-state index contributed by atoms with van der Waals surface area (Å²) in [5, 5.41) is 8.19. The normalized spacial score (nSPS) is 11.7. The summed E-state index contributed by atoms with van der Waals surface area (Å²) in [5.41, 5.74) is 4.43. The molecule has 0 saturated carbocycles. The van der Waals surface area contributed by atoms with Gasteiger partial charge in [-0.1, -0.05) is 72.8 Å². The number of carbonyl (C=O) groups excluding carboxylic acids is 3. The first-order chi connectivity index (χ1) is 22.9. The zero-order valence-corrected chi connectivity index (χ0v) is 26.9. The van der Waals surface area contributed by atoms with Crippen molar-refractivity contribution in [2.45, 2.75) is 24.0 Å². The number of nitrogens with one attached hydrogen (secondary N) is 3. The van der Waals surface area contributed by atoms with Gasteiger partial charge >= 0.3 is 0 Å². The highest BCUT2D eigenvalue weighted by atomic mass is 32.2. The van der Waals surface area contributed by atoms with E-state index in [-0.39, 0.29) is 11.6 Å². The first-order valence-electron chi connectivity index (χ1n) is 15.2. The first-order valence-corrected chi connectivity index (χ1v) is 16.1. The second kappa shape index (κ2) is 16.1. The second-order valence-electron chi connectivity index (χ2n) is 10.6. The van der Waals surface area contributed by atoms with Crippen molar-refractivity contribution in [1.82, 2.24) is 5.32 Å². The van der Waals surface area contributed by atoms with E-state index in [1.54, 1.807) is 42.5 Å². The van der Waals surface area contributed by atoms with E-state index in [1.807, 2.05) is 111 Å². The molecule has 0 saturated heterocycles. The van der Waals surface area contributed by atoms with Crippen LogP contribution in [0.4, 0.5) is 11.4 Å². The topological polar surface area (TPSA) is 96.5 Å². The molecule has 5 aromatic carbocycles. The SMILES string of the molecule is CCOc1ccc(/C=C(\NC(=O)c2ccccc2)C(=O)Nc2ccc(SC(C(=O)Nc3cccc(C)c3)c3ccccc3)cc2)cc1. The molecular weight excluding hydrogens is 607 g/mol. The van der Waals surface area contributed by atoms with Gasteiger partial charge in [-0.3, -0.25) is 14.4 Å². The Morgan fingerprint density at radius 3 is 2.09 bits per heavy atom. The number of anilines is 2. The fourth-order valence-corrected chi connectivity index (χ4v) is 5.74. The molecule has 0 bridgehead atoms. The predicted molar refractivity (Wildman–Crippen MR) is 189 cm³/mol. The number of hydrogen-bond donors (Lipinski definition) is 3. The third-order valence-corrected chi connectivity index (χ3v) is 8.29. The standard InChI is InChI=1S/C39H35N3O4S/c1-3-46-33-21-17-28(18-22-33)26-35(42-37(43)30-14-8-5-9-15-30)38(44)40-31-19-23-34(24-20-31)47-36(29-12-6-4-7-13-29)39(45)41-32-16-10-11-27(2)25-32/h4-26,36H,3H2,1-2H3,(H,40,44)(H,41,45)(H,42,43)/b35-26-. The Morgan fingerprint density at radius 2 is 1.43 bits per heavy atom. The third-order valence-electron chi connectivity index (χ3n) is 7.02. The predicted octanol–water partition coefficient (Wildman–Crippen LogP) is 8.28. The molecule has 3 amide bonds. The lowest BCUT2D eigenvalue weighted by Gasteiger charge is -2.18. The van der Waals surface area contributed by atoms with E-state index >= 15 is 0 Å². The number of carbonyl (C=O) groups is 3. The number of amides is 3. The first kappa shape index (κ1) is 32.8. The lowest BCUT2D eigenvalue weighted by molar-refractivity contribution is -0.116. The lowest BCUT2D eigenvalue weighted by Crippen LogP contribution is -2.30. The van der Waals surface area contributed by atoms with Crippen LogP contribution in [0, 0.1) is 6.92 Å². The molecule has 0 spiro atoms. The average molecular weight is 642 g/mol.